The van der Waals surface area contributed by atoms with Gasteiger partial charge >= 0.3 is 0 Å². The molecule has 5 nitrogen and oxygen atoms in total. The maximum Gasteiger partial charge on any atom is 0.287 e. The molecule has 0 saturated carbocycles. The van der Waals surface area contributed by atoms with Gasteiger partial charge in [0.1, 0.15) is 5.58 Å². The maximum absolute atomic E-state index is 12.8. The van der Waals surface area contributed by atoms with Gasteiger partial charge in [-0.2, -0.15) is 0 Å². The highest BCUT2D eigenvalue weighted by Crippen LogP contribution is 2.33. The van der Waals surface area contributed by atoms with Crippen LogP contribution in [0.3, 0.4) is 0 Å². The van der Waals surface area contributed by atoms with Crippen molar-refractivity contribution in [3.8, 4) is 11.5 Å². The number of ether oxygens (including phenoxy) is 2. The van der Waals surface area contributed by atoms with Crippen LogP contribution in [-0.4, -0.2) is 20.1 Å². The minimum atomic E-state index is -0.276. The van der Waals surface area contributed by atoms with Gasteiger partial charge in [0.2, 0.25) is 0 Å². The van der Waals surface area contributed by atoms with Gasteiger partial charge in [0.25, 0.3) is 5.91 Å². The fourth-order valence-corrected chi connectivity index (χ4v) is 3.38. The number of furan rings is 1. The largest absolute Gasteiger partial charge is 0.493 e. The number of carbonyl (C=O) groups is 1. The summed E-state index contributed by atoms with van der Waals surface area (Å²) < 4.78 is 16.4. The van der Waals surface area contributed by atoms with E-state index in [0.29, 0.717) is 22.1 Å². The van der Waals surface area contributed by atoms with Crippen molar-refractivity contribution in [2.24, 2.45) is 0 Å². The van der Waals surface area contributed by atoms with Crippen molar-refractivity contribution in [3.63, 3.8) is 0 Å². The third-order valence-corrected chi connectivity index (χ3v) is 4.93. The lowest BCUT2D eigenvalue weighted by Gasteiger charge is -2.19. The average Bonchev–Trinajstić information content (AvgIpc) is 2.97. The molecule has 1 N–H and O–H groups in total. The molecule has 1 aromatic heterocycles. The lowest BCUT2D eigenvalue weighted by Crippen LogP contribution is -2.27. The van der Waals surface area contributed by atoms with E-state index >= 15 is 0 Å². The summed E-state index contributed by atoms with van der Waals surface area (Å²) in [4.78, 5) is 12.8. The lowest BCUT2D eigenvalue weighted by atomic mass is 10.0. The van der Waals surface area contributed by atoms with Crippen LogP contribution < -0.4 is 14.8 Å². The van der Waals surface area contributed by atoms with E-state index in [1.807, 2.05) is 32.9 Å². The molecule has 1 atom stereocenters. The van der Waals surface area contributed by atoms with Crippen molar-refractivity contribution in [3.05, 3.63) is 57.8 Å². The second-order valence-corrected chi connectivity index (χ2v) is 6.89. The standard InChI is InChI=1S/C21H22ClNO4/c1-11-8-18(25-4)19(26-5)10-15(11)13(3)23-21(24)20-12(2)16-9-14(22)6-7-17(16)27-20/h6-10,13H,1-5H3,(H,23,24). The van der Waals surface area contributed by atoms with Gasteiger partial charge in [-0.15, -0.1) is 0 Å². The molecule has 0 aliphatic rings. The zero-order valence-electron chi connectivity index (χ0n) is 16.0. The third kappa shape index (κ3) is 3.60. The van der Waals surface area contributed by atoms with Gasteiger partial charge in [0, 0.05) is 16.0 Å². The number of aryl methyl sites for hydroxylation is 2. The fraction of sp³-hybridized carbons (Fsp3) is 0.286. The number of hydrogen-bond donors (Lipinski definition) is 1. The average molecular weight is 388 g/mol. The van der Waals surface area contributed by atoms with Crippen LogP contribution in [0.1, 0.15) is 40.2 Å². The van der Waals surface area contributed by atoms with Crippen LogP contribution in [0.2, 0.25) is 5.02 Å². The molecular weight excluding hydrogens is 366 g/mol. The van der Waals surface area contributed by atoms with Crippen molar-refractivity contribution in [1.82, 2.24) is 5.32 Å². The molecule has 6 heteroatoms. The van der Waals surface area contributed by atoms with Crippen molar-refractivity contribution >= 4 is 28.5 Å². The van der Waals surface area contributed by atoms with Crippen molar-refractivity contribution in [1.29, 1.82) is 0 Å². The number of amides is 1. The first-order chi connectivity index (χ1) is 12.8. The molecule has 0 spiro atoms. The molecule has 142 valence electrons. The number of fused-ring (bicyclic) bond motifs is 1. The molecule has 1 heterocycles. The van der Waals surface area contributed by atoms with Crippen molar-refractivity contribution in [2.75, 3.05) is 14.2 Å². The quantitative estimate of drug-likeness (QED) is 0.652. The molecule has 0 saturated heterocycles. The first kappa shape index (κ1) is 19.1. The van der Waals surface area contributed by atoms with Gasteiger partial charge < -0.3 is 19.2 Å². The Balaban J connectivity index is 1.89. The van der Waals surface area contributed by atoms with E-state index in [-0.39, 0.29) is 17.7 Å². The predicted molar refractivity (Wildman–Crippen MR) is 106 cm³/mol. The van der Waals surface area contributed by atoms with Gasteiger partial charge in [-0.1, -0.05) is 11.6 Å². The van der Waals surface area contributed by atoms with Gasteiger partial charge in [-0.05, 0) is 62.2 Å². The number of nitrogens with one attached hydrogen (secondary N) is 1. The van der Waals surface area contributed by atoms with E-state index in [0.717, 1.165) is 22.1 Å². The minimum Gasteiger partial charge on any atom is -0.493 e. The van der Waals surface area contributed by atoms with E-state index < -0.39 is 0 Å². The van der Waals surface area contributed by atoms with Gasteiger partial charge in [0.15, 0.2) is 17.3 Å². The van der Waals surface area contributed by atoms with Crippen LogP contribution in [0.4, 0.5) is 0 Å². The van der Waals surface area contributed by atoms with Gasteiger partial charge in [-0.3, -0.25) is 4.79 Å². The highest BCUT2D eigenvalue weighted by molar-refractivity contribution is 6.31. The summed E-state index contributed by atoms with van der Waals surface area (Å²) in [5, 5.41) is 4.44. The molecule has 3 rings (SSSR count). The Morgan fingerprint density at radius 2 is 1.78 bits per heavy atom. The monoisotopic (exact) mass is 387 g/mol. The molecule has 0 radical (unpaired) electrons. The fourth-order valence-electron chi connectivity index (χ4n) is 3.21. The van der Waals surface area contributed by atoms with Gasteiger partial charge in [0.05, 0.1) is 20.3 Å². The predicted octanol–water partition coefficient (Wildman–Crippen LogP) is 5.21. The Morgan fingerprint density at radius 3 is 2.44 bits per heavy atom. The Labute approximate surface area is 163 Å². The maximum atomic E-state index is 12.8. The summed E-state index contributed by atoms with van der Waals surface area (Å²) >= 11 is 6.05. The van der Waals surface area contributed by atoms with Crippen LogP contribution >= 0.6 is 11.6 Å². The second-order valence-electron chi connectivity index (χ2n) is 6.46. The van der Waals surface area contributed by atoms with Crippen molar-refractivity contribution < 1.29 is 18.7 Å². The zero-order chi connectivity index (χ0) is 19.7. The smallest absolute Gasteiger partial charge is 0.287 e. The summed E-state index contributed by atoms with van der Waals surface area (Å²) in [7, 11) is 3.18. The normalized spacial score (nSPS) is 12.1. The summed E-state index contributed by atoms with van der Waals surface area (Å²) in [5.41, 5.74) is 3.34. The summed E-state index contributed by atoms with van der Waals surface area (Å²) in [6, 6.07) is 8.84. The van der Waals surface area contributed by atoms with E-state index in [2.05, 4.69) is 5.32 Å². The van der Waals surface area contributed by atoms with E-state index in [4.69, 9.17) is 25.5 Å². The zero-order valence-corrected chi connectivity index (χ0v) is 16.7. The van der Waals surface area contributed by atoms with E-state index in [1.165, 1.54) is 0 Å². The Hall–Kier alpha value is -2.66. The minimum absolute atomic E-state index is 0.242. The van der Waals surface area contributed by atoms with E-state index in [1.54, 1.807) is 32.4 Å². The van der Waals surface area contributed by atoms with Crippen LogP contribution in [0.25, 0.3) is 11.0 Å². The highest BCUT2D eigenvalue weighted by Gasteiger charge is 2.21. The lowest BCUT2D eigenvalue weighted by molar-refractivity contribution is 0.0913. The number of benzene rings is 2. The molecule has 2 aromatic carbocycles. The first-order valence-corrected chi connectivity index (χ1v) is 8.95. The van der Waals surface area contributed by atoms with E-state index in [9.17, 15) is 4.79 Å². The first-order valence-electron chi connectivity index (χ1n) is 8.57. The molecule has 3 aromatic rings. The molecule has 0 aliphatic heterocycles. The summed E-state index contributed by atoms with van der Waals surface area (Å²) in [5.74, 6) is 1.29. The molecule has 1 unspecified atom stereocenters. The topological polar surface area (TPSA) is 60.7 Å². The number of halogens is 1. The van der Waals surface area contributed by atoms with Crippen LogP contribution in [0.15, 0.2) is 34.7 Å². The third-order valence-electron chi connectivity index (χ3n) is 4.69. The van der Waals surface area contributed by atoms with Crippen LogP contribution in [-0.2, 0) is 0 Å². The molecule has 0 fully saturated rings. The van der Waals surface area contributed by atoms with Crippen LogP contribution in [0.5, 0.6) is 11.5 Å². The molecule has 1 amide bonds. The Kier molecular flexibility index (Phi) is 5.33. The number of hydrogen-bond acceptors (Lipinski definition) is 4. The summed E-state index contributed by atoms with van der Waals surface area (Å²) in [6.45, 7) is 5.73. The molecule has 0 aliphatic carbocycles. The second kappa shape index (κ2) is 7.53. The highest BCUT2D eigenvalue weighted by atomic mass is 35.5. The van der Waals surface area contributed by atoms with Crippen molar-refractivity contribution in [2.45, 2.75) is 26.8 Å². The SMILES string of the molecule is COc1cc(C)c(C(C)NC(=O)c2oc3ccc(Cl)cc3c2C)cc1OC. The number of rotatable bonds is 5. The van der Waals surface area contributed by atoms with Gasteiger partial charge in [-0.25, -0.2) is 0 Å². The summed E-state index contributed by atoms with van der Waals surface area (Å²) in [6.07, 6.45) is 0. The molecule has 0 bridgehead atoms. The Bertz CT molecular complexity index is 1010. The Morgan fingerprint density at radius 1 is 1.11 bits per heavy atom. The number of carbonyl (C=O) groups excluding carboxylic acids is 1. The molecular formula is C21H22ClNO4. The molecule has 27 heavy (non-hydrogen) atoms. The number of methoxy groups -OCH3 is 2. The van der Waals surface area contributed by atoms with Crippen LogP contribution in [0, 0.1) is 13.8 Å².